The second-order valence-corrected chi connectivity index (χ2v) is 6.41. The highest BCUT2D eigenvalue weighted by Crippen LogP contribution is 2.23. The Hall–Kier alpha value is -2.33. The van der Waals surface area contributed by atoms with E-state index in [1.165, 1.54) is 23.1 Å². The topological polar surface area (TPSA) is 107 Å². The first kappa shape index (κ1) is 15.6. The highest BCUT2D eigenvalue weighted by atomic mass is 32.2. The smallest absolute Gasteiger partial charge is 0.227 e. The van der Waals surface area contributed by atoms with Crippen molar-refractivity contribution in [1.82, 2.24) is 25.3 Å². The SMILES string of the molecule is CSc1nnc(NC(=O)CCc2nc(-c3cccnc3)no2)s1. The molecule has 3 aromatic rings. The Bertz CT molecular complexity index is 789. The fourth-order valence-electron chi connectivity index (χ4n) is 1.71. The summed E-state index contributed by atoms with van der Waals surface area (Å²) in [6, 6.07) is 3.64. The van der Waals surface area contributed by atoms with Gasteiger partial charge in [0.05, 0.1) is 0 Å². The molecule has 0 aliphatic heterocycles. The number of nitrogens with one attached hydrogen (secondary N) is 1. The molecule has 118 valence electrons. The third kappa shape index (κ3) is 4.11. The molecule has 23 heavy (non-hydrogen) atoms. The maximum atomic E-state index is 11.9. The first-order valence-corrected chi connectivity index (χ1v) is 8.69. The van der Waals surface area contributed by atoms with Gasteiger partial charge in [-0.05, 0) is 18.4 Å². The highest BCUT2D eigenvalue weighted by molar-refractivity contribution is 8.00. The molecule has 10 heteroatoms. The van der Waals surface area contributed by atoms with Crippen LogP contribution in [0.1, 0.15) is 12.3 Å². The molecule has 3 rings (SSSR count). The summed E-state index contributed by atoms with van der Waals surface area (Å²) in [5, 5.41) is 14.9. The molecule has 0 spiro atoms. The molecule has 0 bridgehead atoms. The van der Waals surface area contributed by atoms with Crippen molar-refractivity contribution in [3.8, 4) is 11.4 Å². The van der Waals surface area contributed by atoms with Gasteiger partial charge in [0.15, 0.2) is 4.34 Å². The number of pyridine rings is 1. The second-order valence-electron chi connectivity index (χ2n) is 4.38. The Morgan fingerprint density at radius 1 is 1.43 bits per heavy atom. The van der Waals surface area contributed by atoms with Crippen LogP contribution in [0.25, 0.3) is 11.4 Å². The molecule has 0 aliphatic rings. The average Bonchev–Trinajstić information content (AvgIpc) is 3.23. The van der Waals surface area contributed by atoms with Crippen molar-refractivity contribution in [3.05, 3.63) is 30.4 Å². The minimum atomic E-state index is -0.171. The van der Waals surface area contributed by atoms with E-state index in [2.05, 4.69) is 30.6 Å². The maximum absolute atomic E-state index is 11.9. The van der Waals surface area contributed by atoms with Crippen LogP contribution < -0.4 is 5.32 Å². The largest absolute Gasteiger partial charge is 0.339 e. The van der Waals surface area contributed by atoms with Crippen molar-refractivity contribution < 1.29 is 9.32 Å². The van der Waals surface area contributed by atoms with Crippen molar-refractivity contribution in [2.45, 2.75) is 17.2 Å². The molecular formula is C13H12N6O2S2. The zero-order valence-electron chi connectivity index (χ0n) is 12.1. The van der Waals surface area contributed by atoms with Crippen molar-refractivity contribution in [2.75, 3.05) is 11.6 Å². The number of carbonyl (C=O) groups is 1. The lowest BCUT2D eigenvalue weighted by molar-refractivity contribution is -0.116. The first-order chi connectivity index (χ1) is 11.2. The number of amides is 1. The van der Waals surface area contributed by atoms with Crippen LogP contribution in [0, 0.1) is 0 Å². The Kier molecular flexibility index (Phi) is 4.93. The summed E-state index contributed by atoms with van der Waals surface area (Å²) in [5.74, 6) is 0.693. The van der Waals surface area contributed by atoms with E-state index in [1.54, 1.807) is 18.5 Å². The molecule has 3 aromatic heterocycles. The number of nitrogens with zero attached hydrogens (tertiary/aromatic N) is 5. The first-order valence-electron chi connectivity index (χ1n) is 6.65. The predicted molar refractivity (Wildman–Crippen MR) is 86.2 cm³/mol. The van der Waals surface area contributed by atoms with Gasteiger partial charge in [-0.1, -0.05) is 28.3 Å². The quantitative estimate of drug-likeness (QED) is 0.534. The third-order valence-corrected chi connectivity index (χ3v) is 4.60. The van der Waals surface area contributed by atoms with Gasteiger partial charge in [0, 0.05) is 30.8 Å². The summed E-state index contributed by atoms with van der Waals surface area (Å²) < 4.78 is 5.95. The van der Waals surface area contributed by atoms with Crippen LogP contribution in [0.15, 0.2) is 33.4 Å². The Morgan fingerprint density at radius 3 is 3.09 bits per heavy atom. The van der Waals surface area contributed by atoms with E-state index in [0.717, 1.165) is 9.90 Å². The normalized spacial score (nSPS) is 10.7. The van der Waals surface area contributed by atoms with Gasteiger partial charge in [-0.15, -0.1) is 10.2 Å². The zero-order chi connectivity index (χ0) is 16.1. The minimum Gasteiger partial charge on any atom is -0.339 e. The summed E-state index contributed by atoms with van der Waals surface area (Å²) >= 11 is 2.82. The van der Waals surface area contributed by atoms with Gasteiger partial charge in [-0.2, -0.15) is 4.98 Å². The molecule has 1 amide bonds. The Morgan fingerprint density at radius 2 is 2.35 bits per heavy atom. The standard InChI is InChI=1S/C13H12N6O2S2/c1-22-13-18-17-12(23-13)15-9(20)4-5-10-16-11(19-21-10)8-3-2-6-14-7-8/h2-3,6-7H,4-5H2,1H3,(H,15,17,20). The lowest BCUT2D eigenvalue weighted by Gasteiger charge is -1.97. The fourth-order valence-corrected chi connectivity index (χ4v) is 2.90. The summed E-state index contributed by atoms with van der Waals surface area (Å²) in [7, 11) is 0. The molecule has 0 aliphatic carbocycles. The molecular weight excluding hydrogens is 336 g/mol. The number of aryl methyl sites for hydroxylation is 1. The monoisotopic (exact) mass is 348 g/mol. The molecule has 0 atom stereocenters. The van der Waals surface area contributed by atoms with Crippen LogP contribution in [0.2, 0.25) is 0 Å². The summed E-state index contributed by atoms with van der Waals surface area (Å²) in [4.78, 5) is 20.1. The number of thioether (sulfide) groups is 1. The zero-order valence-corrected chi connectivity index (χ0v) is 13.7. The van der Waals surface area contributed by atoms with Gasteiger partial charge in [-0.25, -0.2) is 0 Å². The van der Waals surface area contributed by atoms with Gasteiger partial charge in [-0.3, -0.25) is 9.78 Å². The molecule has 0 aromatic carbocycles. The second kappa shape index (κ2) is 7.29. The Balaban J connectivity index is 1.54. The molecule has 0 fully saturated rings. The fraction of sp³-hybridized carbons (Fsp3) is 0.231. The average molecular weight is 348 g/mol. The lowest BCUT2D eigenvalue weighted by Crippen LogP contribution is -2.12. The van der Waals surface area contributed by atoms with E-state index in [0.29, 0.717) is 23.3 Å². The van der Waals surface area contributed by atoms with Gasteiger partial charge < -0.3 is 9.84 Å². The van der Waals surface area contributed by atoms with Gasteiger partial charge in [0.2, 0.25) is 22.8 Å². The molecule has 0 radical (unpaired) electrons. The van der Waals surface area contributed by atoms with Crippen LogP contribution in [0.5, 0.6) is 0 Å². The third-order valence-electron chi connectivity index (χ3n) is 2.78. The number of anilines is 1. The van der Waals surface area contributed by atoms with E-state index in [1.807, 2.05) is 12.3 Å². The number of hydrogen-bond donors (Lipinski definition) is 1. The van der Waals surface area contributed by atoms with Crippen LogP contribution in [-0.4, -0.2) is 37.5 Å². The van der Waals surface area contributed by atoms with Gasteiger partial charge in [0.1, 0.15) is 0 Å². The number of hydrogen-bond acceptors (Lipinski definition) is 9. The number of aromatic nitrogens is 5. The predicted octanol–water partition coefficient (Wildman–Crippen LogP) is 2.28. The summed E-state index contributed by atoms with van der Waals surface area (Å²) in [6.07, 6.45) is 5.81. The van der Waals surface area contributed by atoms with E-state index >= 15 is 0 Å². The van der Waals surface area contributed by atoms with Gasteiger partial charge in [0.25, 0.3) is 0 Å². The molecule has 0 saturated carbocycles. The van der Waals surface area contributed by atoms with Gasteiger partial charge >= 0.3 is 0 Å². The summed E-state index contributed by atoms with van der Waals surface area (Å²) in [5.41, 5.74) is 0.769. The molecule has 0 saturated heterocycles. The molecule has 8 nitrogen and oxygen atoms in total. The van der Waals surface area contributed by atoms with Crippen molar-refractivity contribution in [2.24, 2.45) is 0 Å². The van der Waals surface area contributed by atoms with E-state index in [4.69, 9.17) is 4.52 Å². The van der Waals surface area contributed by atoms with Crippen LogP contribution in [-0.2, 0) is 11.2 Å². The van der Waals surface area contributed by atoms with E-state index in [9.17, 15) is 4.79 Å². The maximum Gasteiger partial charge on any atom is 0.227 e. The number of rotatable bonds is 6. The molecule has 1 N–H and O–H groups in total. The number of carbonyl (C=O) groups excluding carboxylic acids is 1. The molecule has 3 heterocycles. The van der Waals surface area contributed by atoms with Crippen LogP contribution in [0.4, 0.5) is 5.13 Å². The lowest BCUT2D eigenvalue weighted by atomic mass is 10.2. The van der Waals surface area contributed by atoms with Crippen LogP contribution in [0.3, 0.4) is 0 Å². The van der Waals surface area contributed by atoms with Crippen LogP contribution >= 0.6 is 23.1 Å². The van der Waals surface area contributed by atoms with E-state index < -0.39 is 0 Å². The minimum absolute atomic E-state index is 0.171. The van der Waals surface area contributed by atoms with Crippen molar-refractivity contribution in [3.63, 3.8) is 0 Å². The molecule has 0 unspecified atom stereocenters. The van der Waals surface area contributed by atoms with Crippen molar-refractivity contribution >= 4 is 34.1 Å². The highest BCUT2D eigenvalue weighted by Gasteiger charge is 2.12. The van der Waals surface area contributed by atoms with E-state index in [-0.39, 0.29) is 12.3 Å². The van der Waals surface area contributed by atoms with Crippen molar-refractivity contribution in [1.29, 1.82) is 0 Å². The summed E-state index contributed by atoms with van der Waals surface area (Å²) in [6.45, 7) is 0. The Labute approximate surface area is 139 Å².